The summed E-state index contributed by atoms with van der Waals surface area (Å²) in [6, 6.07) is 2.40. The van der Waals surface area contributed by atoms with E-state index in [0.717, 1.165) is 17.7 Å². The molecule has 1 aromatic carbocycles. The monoisotopic (exact) mass is 247 g/mol. The maximum Gasteiger partial charge on any atom is 0.513 e. The molecule has 0 spiro atoms. The molecule has 94 valence electrons. The van der Waals surface area contributed by atoms with Gasteiger partial charge in [0.2, 0.25) is 0 Å². The highest BCUT2D eigenvalue weighted by Gasteiger charge is 2.29. The molecule has 1 aromatic rings. The van der Waals surface area contributed by atoms with Gasteiger partial charge in [0.25, 0.3) is 0 Å². The van der Waals surface area contributed by atoms with Gasteiger partial charge in [0.05, 0.1) is 12.4 Å². The third-order valence-corrected chi connectivity index (χ3v) is 2.11. The lowest BCUT2D eigenvalue weighted by Gasteiger charge is -2.19. The SMILES string of the molecule is C=C(C)CCOc1ccc(F)cc1[B-](F)(F)F. The maximum absolute atomic E-state index is 12.8. The van der Waals surface area contributed by atoms with Crippen molar-refractivity contribution in [3.8, 4) is 5.75 Å². The van der Waals surface area contributed by atoms with E-state index in [4.69, 9.17) is 4.74 Å². The van der Waals surface area contributed by atoms with Crippen LogP contribution in [0.4, 0.5) is 17.3 Å². The quantitative estimate of drug-likeness (QED) is 0.441. The minimum atomic E-state index is -5.28. The van der Waals surface area contributed by atoms with Crippen molar-refractivity contribution >= 4 is 12.4 Å². The van der Waals surface area contributed by atoms with Gasteiger partial charge in [-0.05, 0) is 25.1 Å². The Bertz CT molecular complexity index is 414. The third kappa shape index (κ3) is 4.13. The van der Waals surface area contributed by atoms with Gasteiger partial charge < -0.3 is 17.7 Å². The number of hydrogen-bond donors (Lipinski definition) is 0. The van der Waals surface area contributed by atoms with Crippen LogP contribution in [0.3, 0.4) is 0 Å². The van der Waals surface area contributed by atoms with Crippen LogP contribution in [0.25, 0.3) is 0 Å². The summed E-state index contributed by atoms with van der Waals surface area (Å²) >= 11 is 0. The number of rotatable bonds is 5. The van der Waals surface area contributed by atoms with Crippen molar-refractivity contribution in [1.82, 2.24) is 0 Å². The standard InChI is InChI=1S/C11H12BF4O/c1-8(2)5-6-17-11-4-3-9(13)7-10(11)12(14,15)16/h3-4,7H,1,5-6H2,2H3/q-1. The van der Waals surface area contributed by atoms with Gasteiger partial charge in [-0.15, -0.1) is 6.58 Å². The van der Waals surface area contributed by atoms with E-state index in [1.807, 2.05) is 0 Å². The minimum absolute atomic E-state index is 0.0973. The molecule has 1 nitrogen and oxygen atoms in total. The topological polar surface area (TPSA) is 9.23 Å². The molecule has 6 heteroatoms. The zero-order valence-electron chi connectivity index (χ0n) is 9.35. The summed E-state index contributed by atoms with van der Waals surface area (Å²) < 4.78 is 55.6. The molecule has 0 N–H and O–H groups in total. The van der Waals surface area contributed by atoms with Crippen molar-refractivity contribution in [2.45, 2.75) is 13.3 Å². The molecule has 0 radical (unpaired) electrons. The highest BCUT2D eigenvalue weighted by molar-refractivity contribution is 6.74. The van der Waals surface area contributed by atoms with Gasteiger partial charge in [0.15, 0.2) is 0 Å². The van der Waals surface area contributed by atoms with Gasteiger partial charge in [0.1, 0.15) is 5.82 Å². The van der Waals surface area contributed by atoms with Crippen LogP contribution in [-0.2, 0) is 0 Å². The van der Waals surface area contributed by atoms with E-state index in [-0.39, 0.29) is 12.4 Å². The van der Waals surface area contributed by atoms with Crippen molar-refractivity contribution in [3.63, 3.8) is 0 Å². The Labute approximate surface area is 97.1 Å². The van der Waals surface area contributed by atoms with Crippen molar-refractivity contribution in [1.29, 1.82) is 0 Å². The van der Waals surface area contributed by atoms with Crippen molar-refractivity contribution in [2.24, 2.45) is 0 Å². The van der Waals surface area contributed by atoms with Crippen LogP contribution < -0.4 is 10.2 Å². The lowest BCUT2D eigenvalue weighted by atomic mass is 9.79. The Morgan fingerprint density at radius 1 is 1.35 bits per heavy atom. The highest BCUT2D eigenvalue weighted by atomic mass is 19.4. The summed E-state index contributed by atoms with van der Waals surface area (Å²) in [6.07, 6.45) is 0.460. The van der Waals surface area contributed by atoms with Gasteiger partial charge >= 0.3 is 6.98 Å². The number of benzene rings is 1. The predicted molar refractivity (Wildman–Crippen MR) is 60.0 cm³/mol. The molecule has 0 atom stereocenters. The highest BCUT2D eigenvalue weighted by Crippen LogP contribution is 2.19. The second-order valence-corrected chi connectivity index (χ2v) is 3.81. The number of ether oxygens (including phenoxy) is 1. The normalized spacial score (nSPS) is 11.4. The summed E-state index contributed by atoms with van der Waals surface area (Å²) in [5, 5.41) is 0. The fraction of sp³-hybridized carbons (Fsp3) is 0.273. The molecule has 0 aliphatic rings. The molecule has 1 rings (SSSR count). The second kappa shape index (κ2) is 5.25. The van der Waals surface area contributed by atoms with Gasteiger partial charge in [-0.2, -0.15) is 0 Å². The Balaban J connectivity index is 2.87. The average Bonchev–Trinajstić information content (AvgIpc) is 2.18. The molecule has 0 aliphatic heterocycles. The van der Waals surface area contributed by atoms with E-state index in [0.29, 0.717) is 12.5 Å². The van der Waals surface area contributed by atoms with Crippen LogP contribution in [-0.4, -0.2) is 13.6 Å². The Morgan fingerprint density at radius 3 is 2.53 bits per heavy atom. The first-order valence-electron chi connectivity index (χ1n) is 5.07. The van der Waals surface area contributed by atoms with Crippen molar-refractivity contribution in [3.05, 3.63) is 36.2 Å². The number of hydrogen-bond acceptors (Lipinski definition) is 1. The van der Waals surface area contributed by atoms with Crippen LogP contribution in [0.15, 0.2) is 30.4 Å². The van der Waals surface area contributed by atoms with Crippen LogP contribution in [0.1, 0.15) is 13.3 Å². The molecule has 0 bridgehead atoms. The Kier molecular flexibility index (Phi) is 4.20. The van der Waals surface area contributed by atoms with E-state index in [1.165, 1.54) is 0 Å². The zero-order chi connectivity index (χ0) is 13.1. The summed E-state index contributed by atoms with van der Waals surface area (Å²) in [5.41, 5.74) is -0.224. The van der Waals surface area contributed by atoms with E-state index in [2.05, 4.69) is 6.58 Å². The molecule has 0 fully saturated rings. The van der Waals surface area contributed by atoms with Crippen LogP contribution in [0.2, 0.25) is 0 Å². The molecular formula is C11H12BF4O-. The van der Waals surface area contributed by atoms with Crippen molar-refractivity contribution in [2.75, 3.05) is 6.61 Å². The van der Waals surface area contributed by atoms with E-state index >= 15 is 0 Å². The number of halogens is 4. The second-order valence-electron chi connectivity index (χ2n) is 3.81. The van der Waals surface area contributed by atoms with Crippen LogP contribution in [0.5, 0.6) is 5.75 Å². The molecule has 0 aliphatic carbocycles. The molecule has 17 heavy (non-hydrogen) atoms. The molecule has 0 amide bonds. The average molecular weight is 247 g/mol. The lowest BCUT2D eigenvalue weighted by Crippen LogP contribution is -2.35. The van der Waals surface area contributed by atoms with E-state index < -0.39 is 18.3 Å². The largest absolute Gasteiger partial charge is 0.513 e. The maximum atomic E-state index is 12.8. The summed E-state index contributed by atoms with van der Waals surface area (Å²) in [6.45, 7) is 0.187. The third-order valence-electron chi connectivity index (χ3n) is 2.11. The zero-order valence-corrected chi connectivity index (χ0v) is 9.35. The fourth-order valence-corrected chi connectivity index (χ4v) is 1.24. The van der Waals surface area contributed by atoms with Gasteiger partial charge in [-0.25, -0.2) is 4.39 Å². The summed E-state index contributed by atoms with van der Waals surface area (Å²) in [4.78, 5) is 0. The lowest BCUT2D eigenvalue weighted by molar-refractivity contribution is 0.322. The van der Waals surface area contributed by atoms with Crippen molar-refractivity contribution < 1.29 is 22.1 Å². The molecule has 0 aromatic heterocycles. The van der Waals surface area contributed by atoms with Gasteiger partial charge in [0, 0.05) is 6.42 Å². The van der Waals surface area contributed by atoms with Crippen LogP contribution >= 0.6 is 0 Å². The summed E-state index contributed by atoms with van der Waals surface area (Å²) in [7, 11) is 0. The molecule has 0 unspecified atom stereocenters. The molecular weight excluding hydrogens is 235 g/mol. The van der Waals surface area contributed by atoms with E-state index in [1.54, 1.807) is 6.92 Å². The van der Waals surface area contributed by atoms with Gasteiger partial charge in [-0.1, -0.05) is 11.0 Å². The first-order valence-corrected chi connectivity index (χ1v) is 5.07. The first kappa shape index (κ1) is 13.6. The minimum Gasteiger partial charge on any atom is -0.496 e. The fourth-order valence-electron chi connectivity index (χ4n) is 1.24. The van der Waals surface area contributed by atoms with E-state index in [9.17, 15) is 17.3 Å². The first-order chi connectivity index (χ1) is 7.80. The molecule has 0 saturated heterocycles. The smallest absolute Gasteiger partial charge is 0.496 e. The molecule has 0 saturated carbocycles. The Hall–Kier alpha value is -1.46. The van der Waals surface area contributed by atoms with Crippen LogP contribution in [0, 0.1) is 5.82 Å². The Morgan fingerprint density at radius 2 is 2.00 bits per heavy atom. The summed E-state index contributed by atoms with van der Waals surface area (Å²) in [5.74, 6) is -1.26. The molecule has 0 heterocycles. The van der Waals surface area contributed by atoms with Gasteiger partial charge in [-0.3, -0.25) is 0 Å². The predicted octanol–water partition coefficient (Wildman–Crippen LogP) is 3.23.